The summed E-state index contributed by atoms with van der Waals surface area (Å²) >= 11 is 3.05. The average Bonchev–Trinajstić information content (AvgIpc) is 3.43. The van der Waals surface area contributed by atoms with Crippen LogP contribution >= 0.6 is 23.1 Å². The number of thioether (sulfide) groups is 1. The third kappa shape index (κ3) is 4.66. The van der Waals surface area contributed by atoms with Crippen molar-refractivity contribution in [3.63, 3.8) is 0 Å². The van der Waals surface area contributed by atoms with E-state index in [9.17, 15) is 4.79 Å². The van der Waals surface area contributed by atoms with Crippen molar-refractivity contribution in [1.29, 1.82) is 0 Å². The molecule has 0 N–H and O–H groups in total. The van der Waals surface area contributed by atoms with Crippen LogP contribution in [-0.4, -0.2) is 40.0 Å². The average molecular weight is 460 g/mol. The summed E-state index contributed by atoms with van der Waals surface area (Å²) in [6.07, 6.45) is 3.50. The monoisotopic (exact) mass is 459 g/mol. The van der Waals surface area contributed by atoms with Crippen molar-refractivity contribution in [2.75, 3.05) is 19.5 Å². The topological polar surface area (TPSA) is 70.2 Å². The molecule has 0 aliphatic heterocycles. The lowest BCUT2D eigenvalue weighted by molar-refractivity contribution is 0.102. The van der Waals surface area contributed by atoms with Gasteiger partial charge in [-0.1, -0.05) is 18.7 Å². The fourth-order valence-corrected chi connectivity index (χ4v) is 6.21. The zero-order valence-electron chi connectivity index (χ0n) is 18.7. The first-order valence-corrected chi connectivity index (χ1v) is 12.5. The van der Waals surface area contributed by atoms with Gasteiger partial charge in [-0.25, -0.2) is 0 Å². The number of carbonyl (C=O) groups excluding carboxylic acids is 1. The molecule has 0 unspecified atom stereocenters. The number of ether oxygens (including phenoxy) is 1. The third-order valence-electron chi connectivity index (χ3n) is 5.91. The Kier molecular flexibility index (Phi) is 6.69. The van der Waals surface area contributed by atoms with E-state index < -0.39 is 0 Å². The van der Waals surface area contributed by atoms with Crippen LogP contribution in [0.3, 0.4) is 0 Å². The Labute approximate surface area is 191 Å². The van der Waals surface area contributed by atoms with Gasteiger partial charge in [0.15, 0.2) is 5.78 Å². The van der Waals surface area contributed by atoms with Gasteiger partial charge in [0.25, 0.3) is 11.1 Å². The van der Waals surface area contributed by atoms with Gasteiger partial charge in [-0.05, 0) is 63.6 Å². The van der Waals surface area contributed by atoms with Crippen LogP contribution in [0.4, 0.5) is 0 Å². The molecule has 0 aromatic carbocycles. The Bertz CT molecular complexity index is 1080. The van der Waals surface area contributed by atoms with Gasteiger partial charge in [0.1, 0.15) is 0 Å². The Hall–Kier alpha value is -1.90. The van der Waals surface area contributed by atoms with Gasteiger partial charge < -0.3 is 13.7 Å². The van der Waals surface area contributed by atoms with E-state index in [0.717, 1.165) is 40.6 Å². The highest BCUT2D eigenvalue weighted by molar-refractivity contribution is 7.99. The summed E-state index contributed by atoms with van der Waals surface area (Å²) in [7, 11) is 1.69. The van der Waals surface area contributed by atoms with Crippen molar-refractivity contribution in [2.24, 2.45) is 5.92 Å². The second-order valence-corrected chi connectivity index (χ2v) is 10.5. The molecule has 1 aliphatic rings. The van der Waals surface area contributed by atoms with Crippen LogP contribution in [0.1, 0.15) is 58.5 Å². The van der Waals surface area contributed by atoms with Crippen molar-refractivity contribution in [2.45, 2.75) is 58.2 Å². The summed E-state index contributed by atoms with van der Waals surface area (Å²) in [5.41, 5.74) is 4.19. The van der Waals surface area contributed by atoms with Gasteiger partial charge in [-0.15, -0.1) is 21.5 Å². The summed E-state index contributed by atoms with van der Waals surface area (Å²) in [6.45, 7) is 9.01. The number of ketones is 1. The second kappa shape index (κ2) is 9.30. The smallest absolute Gasteiger partial charge is 0.277 e. The number of hydrogen-bond donors (Lipinski definition) is 0. The number of carbonyl (C=O) groups is 1. The van der Waals surface area contributed by atoms with Gasteiger partial charge >= 0.3 is 0 Å². The highest BCUT2D eigenvalue weighted by Crippen LogP contribution is 2.37. The first-order chi connectivity index (χ1) is 14.9. The van der Waals surface area contributed by atoms with Crippen molar-refractivity contribution in [3.05, 3.63) is 39.5 Å². The second-order valence-electron chi connectivity index (χ2n) is 8.45. The van der Waals surface area contributed by atoms with Crippen LogP contribution < -0.4 is 0 Å². The van der Waals surface area contributed by atoms with Gasteiger partial charge in [-0.3, -0.25) is 4.79 Å². The van der Waals surface area contributed by atoms with Gasteiger partial charge in [0, 0.05) is 28.9 Å². The summed E-state index contributed by atoms with van der Waals surface area (Å²) in [5.74, 6) is 1.61. The number of aryl methyl sites for hydroxylation is 2. The molecule has 1 aliphatic carbocycles. The molecule has 3 aromatic heterocycles. The normalized spacial score (nSPS) is 17.0. The minimum Gasteiger partial charge on any atom is -0.410 e. The minimum absolute atomic E-state index is 0.0642. The molecule has 166 valence electrons. The highest BCUT2D eigenvalue weighted by Gasteiger charge is 2.22. The number of thiophene rings is 1. The molecule has 0 fully saturated rings. The van der Waals surface area contributed by atoms with E-state index in [2.05, 4.69) is 34.7 Å². The fourth-order valence-electron chi connectivity index (χ4n) is 4.44. The lowest BCUT2D eigenvalue weighted by Crippen LogP contribution is -2.14. The molecule has 0 saturated carbocycles. The molecule has 0 bridgehead atoms. The molecule has 0 saturated heterocycles. The molecule has 0 amide bonds. The molecule has 8 heteroatoms. The van der Waals surface area contributed by atoms with Crippen LogP contribution in [-0.2, 0) is 17.6 Å². The Morgan fingerprint density at radius 3 is 2.97 bits per heavy atom. The largest absolute Gasteiger partial charge is 0.410 e. The maximum absolute atomic E-state index is 12.9. The zero-order chi connectivity index (χ0) is 22.1. The van der Waals surface area contributed by atoms with Crippen LogP contribution in [0.2, 0.25) is 0 Å². The van der Waals surface area contributed by atoms with E-state index in [4.69, 9.17) is 9.15 Å². The number of Topliss-reactive ketones (excluding diaryl/α,β-unsaturated/α-hetero) is 1. The molecule has 3 aromatic rings. The van der Waals surface area contributed by atoms with Crippen molar-refractivity contribution < 1.29 is 13.9 Å². The molecular weight excluding hydrogens is 430 g/mol. The third-order valence-corrected chi connectivity index (χ3v) is 7.95. The number of methoxy groups -OCH3 is 1. The summed E-state index contributed by atoms with van der Waals surface area (Å²) in [6, 6.07) is 4.33. The first-order valence-electron chi connectivity index (χ1n) is 10.7. The van der Waals surface area contributed by atoms with Crippen LogP contribution in [0.15, 0.2) is 21.8 Å². The standard InChI is InChI=1S/C23H29N3O3S2/c1-13-6-7-20-17(8-13)10-21(31-20)22-24-25-23(29-22)30-12-19(27)18-9-14(2)26(16(18)4)15(3)11-28-5/h9-10,13,15H,6-8,11-12H2,1-5H3/t13-,15-/m0/s1. The zero-order valence-corrected chi connectivity index (χ0v) is 20.4. The molecule has 0 radical (unpaired) electrons. The summed E-state index contributed by atoms with van der Waals surface area (Å²) in [5, 5.41) is 8.81. The SMILES string of the molecule is COC[C@H](C)n1c(C)cc(C(=O)CSc2nnc(-c3cc4c(s3)CC[C@H](C)C4)o2)c1C. The summed E-state index contributed by atoms with van der Waals surface area (Å²) < 4.78 is 13.3. The lowest BCUT2D eigenvalue weighted by atomic mass is 9.90. The lowest BCUT2D eigenvalue weighted by Gasteiger charge is -2.17. The number of aromatic nitrogens is 3. The fraction of sp³-hybridized carbons (Fsp3) is 0.522. The number of hydrogen-bond acceptors (Lipinski definition) is 7. The quantitative estimate of drug-likeness (QED) is 0.326. The highest BCUT2D eigenvalue weighted by atomic mass is 32.2. The first kappa shape index (κ1) is 22.3. The van der Waals surface area contributed by atoms with E-state index in [1.54, 1.807) is 18.4 Å². The van der Waals surface area contributed by atoms with E-state index in [1.165, 1.54) is 28.6 Å². The molecule has 4 rings (SSSR count). The van der Waals surface area contributed by atoms with E-state index in [1.807, 2.05) is 19.9 Å². The number of fused-ring (bicyclic) bond motifs is 1. The Morgan fingerprint density at radius 1 is 1.39 bits per heavy atom. The maximum Gasteiger partial charge on any atom is 0.277 e. The molecule has 6 nitrogen and oxygen atoms in total. The van der Waals surface area contributed by atoms with Gasteiger partial charge in [-0.2, -0.15) is 0 Å². The molecule has 0 spiro atoms. The molecule has 31 heavy (non-hydrogen) atoms. The predicted molar refractivity (Wildman–Crippen MR) is 124 cm³/mol. The van der Waals surface area contributed by atoms with E-state index in [-0.39, 0.29) is 17.6 Å². The van der Waals surface area contributed by atoms with Crippen molar-refractivity contribution >= 4 is 28.9 Å². The maximum atomic E-state index is 12.9. The predicted octanol–water partition coefficient (Wildman–Crippen LogP) is 5.52. The number of nitrogens with zero attached hydrogens (tertiary/aromatic N) is 3. The number of rotatable bonds is 8. The molecule has 3 heterocycles. The summed E-state index contributed by atoms with van der Waals surface area (Å²) in [4.78, 5) is 15.3. The van der Waals surface area contributed by atoms with Crippen molar-refractivity contribution in [3.8, 4) is 10.8 Å². The van der Waals surface area contributed by atoms with E-state index in [0.29, 0.717) is 17.7 Å². The Morgan fingerprint density at radius 2 is 2.19 bits per heavy atom. The van der Waals surface area contributed by atoms with Gasteiger partial charge in [0.05, 0.1) is 23.3 Å². The Balaban J connectivity index is 1.42. The molecule has 2 atom stereocenters. The van der Waals surface area contributed by atoms with Gasteiger partial charge in [0.2, 0.25) is 0 Å². The molecular formula is C23H29N3O3S2. The van der Waals surface area contributed by atoms with Crippen LogP contribution in [0, 0.1) is 19.8 Å². The van der Waals surface area contributed by atoms with Crippen LogP contribution in [0.5, 0.6) is 0 Å². The van der Waals surface area contributed by atoms with Crippen molar-refractivity contribution in [1.82, 2.24) is 14.8 Å². The minimum atomic E-state index is 0.0642. The van der Waals surface area contributed by atoms with E-state index >= 15 is 0 Å². The van der Waals surface area contributed by atoms with Crippen LogP contribution in [0.25, 0.3) is 10.8 Å².